The molecule has 0 saturated carbocycles. The van der Waals surface area contributed by atoms with Gasteiger partial charge >= 0.3 is 0 Å². The van der Waals surface area contributed by atoms with Crippen molar-refractivity contribution in [2.45, 2.75) is 71.3 Å². The fourth-order valence-electron chi connectivity index (χ4n) is 1.63. The second-order valence-electron chi connectivity index (χ2n) is 4.25. The number of nitrogens with one attached hydrogen (secondary N) is 1. The Bertz CT molecular complexity index is 217. The van der Waals surface area contributed by atoms with Crippen molar-refractivity contribution in [3.05, 3.63) is 0 Å². The largest absolute Gasteiger partial charge is 0.352 e. The highest BCUT2D eigenvalue weighted by Crippen LogP contribution is 2.05. The number of amides is 1. The lowest BCUT2D eigenvalue weighted by Crippen LogP contribution is -2.33. The van der Waals surface area contributed by atoms with Crippen molar-refractivity contribution in [1.82, 2.24) is 5.32 Å². The van der Waals surface area contributed by atoms with Gasteiger partial charge in [-0.05, 0) is 12.8 Å². The van der Waals surface area contributed by atoms with Crippen LogP contribution >= 0.6 is 0 Å². The lowest BCUT2D eigenvalue weighted by molar-refractivity contribution is -0.121. The molecule has 1 N–H and O–H groups in total. The van der Waals surface area contributed by atoms with Crippen molar-refractivity contribution in [2.24, 2.45) is 0 Å². The van der Waals surface area contributed by atoms with E-state index in [2.05, 4.69) is 18.2 Å². The third-order valence-corrected chi connectivity index (χ3v) is 2.73. The molecule has 16 heavy (non-hydrogen) atoms. The van der Waals surface area contributed by atoms with Crippen LogP contribution in [0, 0.1) is 12.3 Å². The standard InChI is InChI=1S/C14H25NO/c1-4-7-8-9-10-12-14(16)15-13(6-3)11-5-2/h2,13H,4,6-12H2,1,3H3,(H,15,16). The number of unbranched alkanes of at least 4 members (excludes halogenated alkanes) is 4. The first kappa shape index (κ1) is 15.0. The minimum absolute atomic E-state index is 0.151. The maximum atomic E-state index is 11.5. The molecule has 1 amide bonds. The summed E-state index contributed by atoms with van der Waals surface area (Å²) in [5, 5.41) is 2.98. The van der Waals surface area contributed by atoms with Gasteiger partial charge in [-0.2, -0.15) is 0 Å². The molecule has 0 heterocycles. The van der Waals surface area contributed by atoms with E-state index in [9.17, 15) is 4.79 Å². The van der Waals surface area contributed by atoms with Crippen LogP contribution in [0.1, 0.15) is 65.2 Å². The van der Waals surface area contributed by atoms with Crippen molar-refractivity contribution in [1.29, 1.82) is 0 Å². The van der Waals surface area contributed by atoms with Crippen LogP contribution in [-0.4, -0.2) is 11.9 Å². The average Bonchev–Trinajstić information content (AvgIpc) is 2.28. The van der Waals surface area contributed by atoms with E-state index in [4.69, 9.17) is 6.42 Å². The summed E-state index contributed by atoms with van der Waals surface area (Å²) in [7, 11) is 0. The topological polar surface area (TPSA) is 29.1 Å². The Balaban J connectivity index is 3.53. The molecule has 0 aliphatic carbocycles. The zero-order valence-corrected chi connectivity index (χ0v) is 10.7. The molecule has 1 unspecified atom stereocenters. The second-order valence-corrected chi connectivity index (χ2v) is 4.25. The molecule has 1 atom stereocenters. The Labute approximate surface area is 100 Å². The van der Waals surface area contributed by atoms with E-state index < -0.39 is 0 Å². The molecule has 0 fully saturated rings. The molecule has 0 aliphatic heterocycles. The van der Waals surface area contributed by atoms with Gasteiger partial charge in [0.15, 0.2) is 0 Å². The Morgan fingerprint density at radius 3 is 2.50 bits per heavy atom. The van der Waals surface area contributed by atoms with Crippen LogP contribution in [0.4, 0.5) is 0 Å². The van der Waals surface area contributed by atoms with Gasteiger partial charge in [0.05, 0.1) is 0 Å². The van der Waals surface area contributed by atoms with E-state index in [1.165, 1.54) is 19.3 Å². The van der Waals surface area contributed by atoms with Crippen molar-refractivity contribution in [2.75, 3.05) is 0 Å². The van der Waals surface area contributed by atoms with Crippen LogP contribution in [0.15, 0.2) is 0 Å². The van der Waals surface area contributed by atoms with E-state index >= 15 is 0 Å². The predicted octanol–water partition coefficient (Wildman–Crippen LogP) is 3.27. The average molecular weight is 223 g/mol. The Hall–Kier alpha value is -0.970. The van der Waals surface area contributed by atoms with Gasteiger partial charge in [-0.3, -0.25) is 4.79 Å². The van der Waals surface area contributed by atoms with Gasteiger partial charge in [-0.25, -0.2) is 0 Å². The van der Waals surface area contributed by atoms with Gasteiger partial charge < -0.3 is 5.32 Å². The van der Waals surface area contributed by atoms with E-state index in [0.29, 0.717) is 12.8 Å². The first-order valence-electron chi connectivity index (χ1n) is 6.47. The lowest BCUT2D eigenvalue weighted by atomic mass is 10.1. The molecule has 0 rings (SSSR count). The summed E-state index contributed by atoms with van der Waals surface area (Å²) < 4.78 is 0. The van der Waals surface area contributed by atoms with Gasteiger partial charge in [0, 0.05) is 18.9 Å². The second kappa shape index (κ2) is 10.5. The van der Waals surface area contributed by atoms with Gasteiger partial charge in [0.25, 0.3) is 0 Å². The normalized spacial score (nSPS) is 11.8. The fraction of sp³-hybridized carbons (Fsp3) is 0.786. The number of carbonyl (C=O) groups excluding carboxylic acids is 1. The van der Waals surface area contributed by atoms with Crippen LogP contribution in [-0.2, 0) is 4.79 Å². The predicted molar refractivity (Wildman–Crippen MR) is 69.0 cm³/mol. The Kier molecular flexibility index (Phi) is 9.91. The van der Waals surface area contributed by atoms with Crippen LogP contribution < -0.4 is 5.32 Å². The van der Waals surface area contributed by atoms with E-state index in [-0.39, 0.29) is 11.9 Å². The van der Waals surface area contributed by atoms with Crippen molar-refractivity contribution >= 4 is 5.91 Å². The molecule has 0 radical (unpaired) electrons. The van der Waals surface area contributed by atoms with E-state index in [0.717, 1.165) is 19.3 Å². The number of carbonyl (C=O) groups is 1. The molecule has 0 aliphatic rings. The summed E-state index contributed by atoms with van der Waals surface area (Å²) in [5.74, 6) is 2.74. The molecular weight excluding hydrogens is 198 g/mol. The molecule has 0 spiro atoms. The van der Waals surface area contributed by atoms with Crippen LogP contribution in [0.5, 0.6) is 0 Å². The first-order chi connectivity index (χ1) is 7.74. The number of terminal acetylenes is 1. The number of rotatable bonds is 9. The summed E-state index contributed by atoms with van der Waals surface area (Å²) >= 11 is 0. The minimum atomic E-state index is 0.151. The Morgan fingerprint density at radius 2 is 1.94 bits per heavy atom. The van der Waals surface area contributed by atoms with Crippen LogP contribution in [0.25, 0.3) is 0 Å². The SMILES string of the molecule is C#CCC(CC)NC(=O)CCCCCCC. The molecule has 2 nitrogen and oxygen atoms in total. The van der Waals surface area contributed by atoms with Crippen molar-refractivity contribution in [3.63, 3.8) is 0 Å². The molecule has 2 heteroatoms. The zero-order chi connectivity index (χ0) is 12.2. The molecule has 0 aromatic carbocycles. The van der Waals surface area contributed by atoms with Gasteiger partial charge in [-0.1, -0.05) is 39.5 Å². The summed E-state index contributed by atoms with van der Waals surface area (Å²) in [6, 6.07) is 0.160. The van der Waals surface area contributed by atoms with E-state index in [1.807, 2.05) is 6.92 Å². The van der Waals surface area contributed by atoms with Crippen molar-refractivity contribution < 1.29 is 4.79 Å². The quantitative estimate of drug-likeness (QED) is 0.472. The molecule has 92 valence electrons. The molecule has 0 aromatic rings. The number of hydrogen-bond acceptors (Lipinski definition) is 1. The third kappa shape index (κ3) is 8.35. The smallest absolute Gasteiger partial charge is 0.220 e. The van der Waals surface area contributed by atoms with E-state index in [1.54, 1.807) is 0 Å². The first-order valence-corrected chi connectivity index (χ1v) is 6.47. The summed E-state index contributed by atoms with van der Waals surface area (Å²) in [5.41, 5.74) is 0. The van der Waals surface area contributed by atoms with Crippen LogP contribution in [0.2, 0.25) is 0 Å². The maximum Gasteiger partial charge on any atom is 0.220 e. The summed E-state index contributed by atoms with van der Waals surface area (Å²) in [6.07, 6.45) is 13.3. The van der Waals surface area contributed by atoms with Gasteiger partial charge in [-0.15, -0.1) is 12.3 Å². The molecule has 0 saturated heterocycles. The number of hydrogen-bond donors (Lipinski definition) is 1. The lowest BCUT2D eigenvalue weighted by Gasteiger charge is -2.13. The summed E-state index contributed by atoms with van der Waals surface area (Å²) in [6.45, 7) is 4.24. The molecular formula is C14H25NO. The third-order valence-electron chi connectivity index (χ3n) is 2.73. The van der Waals surface area contributed by atoms with Crippen LogP contribution in [0.3, 0.4) is 0 Å². The monoisotopic (exact) mass is 223 g/mol. The zero-order valence-electron chi connectivity index (χ0n) is 10.7. The molecule has 0 bridgehead atoms. The molecule has 0 aromatic heterocycles. The summed E-state index contributed by atoms with van der Waals surface area (Å²) in [4.78, 5) is 11.5. The Morgan fingerprint density at radius 1 is 1.25 bits per heavy atom. The maximum absolute atomic E-state index is 11.5. The fourth-order valence-corrected chi connectivity index (χ4v) is 1.63. The highest BCUT2D eigenvalue weighted by Gasteiger charge is 2.08. The van der Waals surface area contributed by atoms with Gasteiger partial charge in [0.2, 0.25) is 5.91 Å². The highest BCUT2D eigenvalue weighted by atomic mass is 16.1. The van der Waals surface area contributed by atoms with Gasteiger partial charge in [0.1, 0.15) is 0 Å². The van der Waals surface area contributed by atoms with Crippen molar-refractivity contribution in [3.8, 4) is 12.3 Å². The highest BCUT2D eigenvalue weighted by molar-refractivity contribution is 5.76. The minimum Gasteiger partial charge on any atom is -0.352 e.